The van der Waals surface area contributed by atoms with Crippen molar-refractivity contribution in [3.8, 4) is 0 Å². The van der Waals surface area contributed by atoms with Crippen LogP contribution < -0.4 is 10.2 Å². The first-order valence-corrected chi connectivity index (χ1v) is 8.11. The summed E-state index contributed by atoms with van der Waals surface area (Å²) in [5, 5.41) is 3.07. The van der Waals surface area contributed by atoms with Crippen molar-refractivity contribution in [2.75, 3.05) is 23.3 Å². The number of rotatable bonds is 5. The number of nitrogens with one attached hydrogen (secondary N) is 1. The molecular formula is C20H26N2O. The third-order valence-electron chi connectivity index (χ3n) is 3.85. The Balaban J connectivity index is 2.11. The lowest BCUT2D eigenvalue weighted by molar-refractivity contribution is -0.115. The second-order valence-corrected chi connectivity index (χ2v) is 6.69. The second kappa shape index (κ2) is 7.32. The summed E-state index contributed by atoms with van der Waals surface area (Å²) in [6.45, 7) is 9.65. The normalized spacial score (nSPS) is 11.1. The van der Waals surface area contributed by atoms with Crippen molar-refractivity contribution >= 4 is 17.3 Å². The number of carbonyl (C=O) groups is 1. The van der Waals surface area contributed by atoms with Crippen LogP contribution in [-0.4, -0.2) is 19.0 Å². The Bertz CT molecular complexity index is 644. The third-order valence-corrected chi connectivity index (χ3v) is 3.85. The zero-order valence-electron chi connectivity index (χ0n) is 14.5. The fourth-order valence-electron chi connectivity index (χ4n) is 2.63. The fourth-order valence-corrected chi connectivity index (χ4v) is 2.63. The molecule has 0 aliphatic rings. The average molecular weight is 310 g/mol. The Hall–Kier alpha value is -2.29. The molecule has 0 aromatic heterocycles. The van der Waals surface area contributed by atoms with Gasteiger partial charge in [0.05, 0.1) is 6.54 Å². The summed E-state index contributed by atoms with van der Waals surface area (Å²) in [6, 6.07) is 18.0. The molecule has 0 bridgehead atoms. The van der Waals surface area contributed by atoms with Crippen LogP contribution in [0.5, 0.6) is 0 Å². The van der Waals surface area contributed by atoms with Gasteiger partial charge < -0.3 is 10.2 Å². The average Bonchev–Trinajstić information content (AvgIpc) is 2.53. The lowest BCUT2D eigenvalue weighted by Crippen LogP contribution is -2.33. The van der Waals surface area contributed by atoms with Crippen molar-refractivity contribution in [1.82, 2.24) is 0 Å². The minimum absolute atomic E-state index is 0.00620. The van der Waals surface area contributed by atoms with Gasteiger partial charge in [0.1, 0.15) is 0 Å². The molecule has 122 valence electrons. The zero-order valence-corrected chi connectivity index (χ0v) is 14.5. The van der Waals surface area contributed by atoms with E-state index >= 15 is 0 Å². The van der Waals surface area contributed by atoms with E-state index < -0.39 is 0 Å². The van der Waals surface area contributed by atoms with Crippen molar-refractivity contribution in [3.05, 3.63) is 60.2 Å². The van der Waals surface area contributed by atoms with Crippen LogP contribution in [0.2, 0.25) is 0 Å². The SMILES string of the molecule is CCN(CC(=O)Nc1ccccc1C(C)(C)C)c1ccccc1. The Morgan fingerprint density at radius 1 is 1.00 bits per heavy atom. The number of hydrogen-bond donors (Lipinski definition) is 1. The Kier molecular flexibility index (Phi) is 5.43. The van der Waals surface area contributed by atoms with Crippen LogP contribution in [0.1, 0.15) is 33.3 Å². The second-order valence-electron chi connectivity index (χ2n) is 6.69. The van der Waals surface area contributed by atoms with Crippen molar-refractivity contribution in [1.29, 1.82) is 0 Å². The Morgan fingerprint density at radius 2 is 1.61 bits per heavy atom. The van der Waals surface area contributed by atoms with Gasteiger partial charge in [0.25, 0.3) is 0 Å². The lowest BCUT2D eigenvalue weighted by atomic mass is 9.86. The summed E-state index contributed by atoms with van der Waals surface area (Å²) < 4.78 is 0. The molecule has 0 radical (unpaired) electrons. The van der Waals surface area contributed by atoms with E-state index in [2.05, 4.69) is 44.0 Å². The number of hydrogen-bond acceptors (Lipinski definition) is 2. The summed E-state index contributed by atoms with van der Waals surface area (Å²) in [5.41, 5.74) is 3.10. The van der Waals surface area contributed by atoms with Crippen LogP contribution in [0.3, 0.4) is 0 Å². The van der Waals surface area contributed by atoms with E-state index in [1.165, 1.54) is 0 Å². The van der Waals surface area contributed by atoms with E-state index in [9.17, 15) is 4.79 Å². The van der Waals surface area contributed by atoms with Crippen LogP contribution in [-0.2, 0) is 10.2 Å². The van der Waals surface area contributed by atoms with Gasteiger partial charge in [-0.15, -0.1) is 0 Å². The minimum Gasteiger partial charge on any atom is -0.362 e. The van der Waals surface area contributed by atoms with Crippen LogP contribution >= 0.6 is 0 Å². The highest BCUT2D eigenvalue weighted by Crippen LogP contribution is 2.29. The van der Waals surface area contributed by atoms with E-state index in [1.807, 2.05) is 48.5 Å². The molecule has 0 saturated heterocycles. The van der Waals surface area contributed by atoms with Crippen LogP contribution in [0, 0.1) is 0 Å². The smallest absolute Gasteiger partial charge is 0.243 e. The molecular weight excluding hydrogens is 284 g/mol. The van der Waals surface area contributed by atoms with Crippen molar-refractivity contribution in [2.45, 2.75) is 33.1 Å². The molecule has 3 nitrogen and oxygen atoms in total. The van der Waals surface area contributed by atoms with Gasteiger partial charge in [0.2, 0.25) is 5.91 Å². The highest BCUT2D eigenvalue weighted by Gasteiger charge is 2.19. The van der Waals surface area contributed by atoms with Gasteiger partial charge in [-0.05, 0) is 36.1 Å². The zero-order chi connectivity index (χ0) is 16.9. The minimum atomic E-state index is -0.00620. The van der Waals surface area contributed by atoms with Crippen LogP contribution in [0.4, 0.5) is 11.4 Å². The first-order valence-electron chi connectivity index (χ1n) is 8.11. The van der Waals surface area contributed by atoms with Gasteiger partial charge in [-0.2, -0.15) is 0 Å². The molecule has 0 atom stereocenters. The largest absolute Gasteiger partial charge is 0.362 e. The number of nitrogens with zero attached hydrogens (tertiary/aromatic N) is 1. The third kappa shape index (κ3) is 4.59. The molecule has 1 N–H and O–H groups in total. The number of amides is 1. The number of anilines is 2. The van der Waals surface area contributed by atoms with Gasteiger partial charge in [0.15, 0.2) is 0 Å². The van der Waals surface area contributed by atoms with E-state index in [4.69, 9.17) is 0 Å². The summed E-state index contributed by atoms with van der Waals surface area (Å²) >= 11 is 0. The maximum Gasteiger partial charge on any atom is 0.243 e. The Morgan fingerprint density at radius 3 is 2.22 bits per heavy atom. The highest BCUT2D eigenvalue weighted by atomic mass is 16.2. The number of carbonyl (C=O) groups excluding carboxylic acids is 1. The van der Waals surface area contributed by atoms with Crippen molar-refractivity contribution in [2.24, 2.45) is 0 Å². The molecule has 3 heteroatoms. The molecule has 2 aromatic carbocycles. The number of likely N-dealkylation sites (N-methyl/N-ethyl adjacent to an activating group) is 1. The lowest BCUT2D eigenvalue weighted by Gasteiger charge is -2.25. The molecule has 0 aliphatic heterocycles. The first kappa shape index (κ1) is 17.1. The molecule has 1 amide bonds. The molecule has 0 spiro atoms. The number of para-hydroxylation sites is 2. The molecule has 2 rings (SSSR count). The highest BCUT2D eigenvalue weighted by molar-refractivity contribution is 5.94. The molecule has 0 unspecified atom stereocenters. The topological polar surface area (TPSA) is 32.3 Å². The standard InChI is InChI=1S/C20H26N2O/c1-5-22(16-11-7-6-8-12-16)15-19(23)21-18-14-10-9-13-17(18)20(2,3)4/h6-14H,5,15H2,1-4H3,(H,21,23). The first-order chi connectivity index (χ1) is 10.9. The van der Waals surface area contributed by atoms with Crippen LogP contribution in [0.15, 0.2) is 54.6 Å². The summed E-state index contributed by atoms with van der Waals surface area (Å²) in [5.74, 6) is 0.00685. The van der Waals surface area contributed by atoms with Gasteiger partial charge in [-0.25, -0.2) is 0 Å². The van der Waals surface area contributed by atoms with Gasteiger partial charge in [-0.3, -0.25) is 4.79 Å². The van der Waals surface area contributed by atoms with E-state index in [0.717, 1.165) is 23.5 Å². The summed E-state index contributed by atoms with van der Waals surface area (Å²) in [6.07, 6.45) is 0. The van der Waals surface area contributed by atoms with Gasteiger partial charge in [0, 0.05) is 17.9 Å². The molecule has 2 aromatic rings. The predicted molar refractivity (Wildman–Crippen MR) is 98.1 cm³/mol. The van der Waals surface area contributed by atoms with E-state index in [0.29, 0.717) is 6.54 Å². The molecule has 0 saturated carbocycles. The number of benzene rings is 2. The van der Waals surface area contributed by atoms with Crippen molar-refractivity contribution < 1.29 is 4.79 Å². The summed E-state index contributed by atoms with van der Waals surface area (Å²) in [4.78, 5) is 14.5. The van der Waals surface area contributed by atoms with Gasteiger partial charge >= 0.3 is 0 Å². The predicted octanol–water partition coefficient (Wildman–Crippen LogP) is 4.45. The molecule has 0 aliphatic carbocycles. The fraction of sp³-hybridized carbons (Fsp3) is 0.350. The maximum atomic E-state index is 12.5. The van der Waals surface area contributed by atoms with Gasteiger partial charge in [-0.1, -0.05) is 57.2 Å². The molecule has 23 heavy (non-hydrogen) atoms. The molecule has 0 heterocycles. The van der Waals surface area contributed by atoms with E-state index in [1.54, 1.807) is 0 Å². The molecule has 0 fully saturated rings. The van der Waals surface area contributed by atoms with E-state index in [-0.39, 0.29) is 11.3 Å². The Labute approximate surface area is 139 Å². The summed E-state index contributed by atoms with van der Waals surface area (Å²) in [7, 11) is 0. The quantitative estimate of drug-likeness (QED) is 0.885. The van der Waals surface area contributed by atoms with Crippen LogP contribution in [0.25, 0.3) is 0 Å². The van der Waals surface area contributed by atoms with Crippen molar-refractivity contribution in [3.63, 3.8) is 0 Å². The monoisotopic (exact) mass is 310 g/mol. The maximum absolute atomic E-state index is 12.5.